The van der Waals surface area contributed by atoms with E-state index in [0.717, 1.165) is 17.1 Å². The van der Waals surface area contributed by atoms with Gasteiger partial charge in [0.2, 0.25) is 0 Å². The van der Waals surface area contributed by atoms with Gasteiger partial charge in [-0.25, -0.2) is 0 Å². The fourth-order valence-electron chi connectivity index (χ4n) is 4.72. The third-order valence-electron chi connectivity index (χ3n) is 8.16. The number of anilines is 3. The van der Waals surface area contributed by atoms with Gasteiger partial charge in [0.1, 0.15) is 35.0 Å². The van der Waals surface area contributed by atoms with Gasteiger partial charge in [0, 0.05) is 33.4 Å². The van der Waals surface area contributed by atoms with Crippen molar-refractivity contribution in [1.29, 1.82) is 32.5 Å². The van der Waals surface area contributed by atoms with Crippen molar-refractivity contribution in [3.05, 3.63) is 179 Å². The second-order valence-corrected chi connectivity index (χ2v) is 12.8. The Hall–Kier alpha value is -9.66. The van der Waals surface area contributed by atoms with Gasteiger partial charge in [-0.1, -0.05) is 15.7 Å². The molecule has 0 aliphatic carbocycles. The Morgan fingerprint density at radius 2 is 0.429 bits per heavy atom. The van der Waals surface area contributed by atoms with Gasteiger partial charge in [0.15, 0.2) is 0 Å². The summed E-state index contributed by atoms with van der Waals surface area (Å²) in [5.74, 6) is 0.114. The molecule has 0 spiro atoms. The highest BCUT2D eigenvalue weighted by Gasteiger charge is 2.01. The lowest BCUT2D eigenvalue weighted by Gasteiger charge is -2.01. The minimum absolute atomic E-state index is 0.0159. The Morgan fingerprint density at radius 1 is 0.270 bits per heavy atom. The topological polar surface area (TPSA) is 409 Å². The summed E-state index contributed by atoms with van der Waals surface area (Å²) in [5, 5.41) is 67.3. The number of nitrogens with zero attached hydrogens (tertiary/aromatic N) is 6. The van der Waals surface area contributed by atoms with E-state index in [1.807, 2.05) is 0 Å². The summed E-state index contributed by atoms with van der Waals surface area (Å²) < 4.78 is 0. The van der Waals surface area contributed by atoms with E-state index in [2.05, 4.69) is 47.3 Å². The number of nitrogens with two attached hydrogens (primary N) is 6. The van der Waals surface area contributed by atoms with E-state index in [-0.39, 0.29) is 35.0 Å². The van der Waals surface area contributed by atoms with Crippen molar-refractivity contribution in [3.63, 3.8) is 0 Å². The maximum Gasteiger partial charge on any atom is 0.122 e. The number of hydrogen-bond acceptors (Lipinski definition) is 12. The second kappa shape index (κ2) is 23.1. The molecule has 63 heavy (non-hydrogen) atoms. The minimum atomic E-state index is 0.0159. The molecule has 0 unspecified atom stereocenters. The molecule has 0 heterocycles. The summed E-state index contributed by atoms with van der Waals surface area (Å²) in [5.41, 5.74) is 48.6. The maximum absolute atomic E-state index is 7.30. The lowest BCUT2D eigenvalue weighted by atomic mass is 10.2. The summed E-state index contributed by atoms with van der Waals surface area (Å²) in [4.78, 5) is 0. The first-order valence-electron chi connectivity index (χ1n) is 18.4. The molecule has 0 amide bonds. The first kappa shape index (κ1) is 46.0. The van der Waals surface area contributed by atoms with Crippen LogP contribution in [0, 0.1) is 32.5 Å². The fourth-order valence-corrected chi connectivity index (χ4v) is 4.72. The predicted octanol–water partition coefficient (Wildman–Crippen LogP) is 7.10. The zero-order valence-electron chi connectivity index (χ0n) is 33.5. The molecular formula is C42H45N21. The molecule has 6 rings (SSSR count). The van der Waals surface area contributed by atoms with Crippen LogP contribution in [0.15, 0.2) is 177 Å². The predicted molar refractivity (Wildman–Crippen MR) is 249 cm³/mol. The van der Waals surface area contributed by atoms with Gasteiger partial charge < -0.3 is 34.4 Å². The van der Waals surface area contributed by atoms with Crippen molar-refractivity contribution < 1.29 is 0 Å². The second-order valence-electron chi connectivity index (χ2n) is 12.8. The SMILES string of the molecule is N=C(N)c1ccc(N=NNc2ccc(C(=N)N)cc2)cc1.N=C(N)c1ccc(N=NNc2ccc(C(=N)N)cc2)cc1.N=C(N)c1ccc(N=NNc2ccc(C(=N)N)cc2)cc1. The first-order chi connectivity index (χ1) is 30.2. The van der Waals surface area contributed by atoms with E-state index in [9.17, 15) is 0 Å². The van der Waals surface area contributed by atoms with E-state index in [1.165, 1.54) is 0 Å². The van der Waals surface area contributed by atoms with Gasteiger partial charge in [-0.2, -0.15) is 0 Å². The highest BCUT2D eigenvalue weighted by molar-refractivity contribution is 5.97. The molecule has 6 aromatic carbocycles. The molecule has 0 saturated carbocycles. The Kier molecular flexibility index (Phi) is 16.9. The van der Waals surface area contributed by atoms with Crippen molar-refractivity contribution in [1.82, 2.24) is 0 Å². The summed E-state index contributed by atoms with van der Waals surface area (Å²) in [6.07, 6.45) is 0. The number of rotatable bonds is 15. The van der Waals surface area contributed by atoms with E-state index >= 15 is 0 Å². The van der Waals surface area contributed by atoms with Crippen molar-refractivity contribution in [2.24, 2.45) is 65.4 Å². The lowest BCUT2D eigenvalue weighted by Crippen LogP contribution is -2.10. The number of benzene rings is 6. The van der Waals surface area contributed by atoms with Crippen LogP contribution in [-0.4, -0.2) is 35.0 Å². The van der Waals surface area contributed by atoms with Gasteiger partial charge in [-0.15, -0.1) is 15.3 Å². The zero-order valence-corrected chi connectivity index (χ0v) is 33.5. The summed E-state index contributed by atoms with van der Waals surface area (Å²) in [6, 6.07) is 41.5. The van der Waals surface area contributed by atoms with Crippen molar-refractivity contribution in [3.8, 4) is 0 Å². The number of hydrogen-bond donors (Lipinski definition) is 15. The lowest BCUT2D eigenvalue weighted by molar-refractivity contribution is 1.13. The third kappa shape index (κ3) is 15.6. The third-order valence-corrected chi connectivity index (χ3v) is 8.16. The molecule has 21 heteroatoms. The summed E-state index contributed by atoms with van der Waals surface area (Å²) in [7, 11) is 0. The molecule has 0 aliphatic rings. The normalized spacial score (nSPS) is 10.5. The van der Waals surface area contributed by atoms with Crippen LogP contribution in [0.5, 0.6) is 0 Å². The van der Waals surface area contributed by atoms with Gasteiger partial charge in [0.25, 0.3) is 0 Å². The van der Waals surface area contributed by atoms with Crippen LogP contribution in [0.1, 0.15) is 33.4 Å². The molecule has 21 nitrogen and oxygen atoms in total. The molecular weight excluding hydrogens is 799 g/mol. The Morgan fingerprint density at radius 3 is 0.587 bits per heavy atom. The molecule has 0 aromatic heterocycles. The smallest absolute Gasteiger partial charge is 0.122 e. The monoisotopic (exact) mass is 843 g/mol. The molecule has 318 valence electrons. The number of nitrogen functional groups attached to an aromatic ring is 6. The van der Waals surface area contributed by atoms with Crippen LogP contribution >= 0.6 is 0 Å². The molecule has 0 saturated heterocycles. The minimum Gasteiger partial charge on any atom is -0.384 e. The molecule has 6 aromatic rings. The first-order valence-corrected chi connectivity index (χ1v) is 18.4. The average Bonchev–Trinajstić information content (AvgIpc) is 3.28. The molecule has 0 bridgehead atoms. The van der Waals surface area contributed by atoms with Crippen LogP contribution < -0.4 is 50.7 Å². The van der Waals surface area contributed by atoms with Crippen molar-refractivity contribution in [2.45, 2.75) is 0 Å². The number of nitrogens with one attached hydrogen (secondary N) is 9. The van der Waals surface area contributed by atoms with Crippen LogP contribution in [0.3, 0.4) is 0 Å². The van der Waals surface area contributed by atoms with E-state index < -0.39 is 0 Å². The quantitative estimate of drug-likeness (QED) is 0.0217. The maximum atomic E-state index is 7.30. The van der Waals surface area contributed by atoms with Crippen molar-refractivity contribution >= 4 is 69.1 Å². The largest absolute Gasteiger partial charge is 0.384 e. The van der Waals surface area contributed by atoms with Gasteiger partial charge in [-0.3, -0.25) is 48.7 Å². The molecule has 21 N–H and O–H groups in total. The van der Waals surface area contributed by atoms with Gasteiger partial charge >= 0.3 is 0 Å². The molecule has 0 fully saturated rings. The standard InChI is InChI=1S/3C14H15N7/c3*15-13(16)9-1-5-11(6-2-9)19-21-20-12-7-3-10(4-8-12)14(17)18/h3*1-8H,(H3,15,16)(H3,17,18)(H,19,20). The Balaban J connectivity index is 0.000000207. The van der Waals surface area contributed by atoms with Gasteiger partial charge in [-0.05, 0) is 146 Å². The molecule has 0 aliphatic heterocycles. The summed E-state index contributed by atoms with van der Waals surface area (Å²) >= 11 is 0. The Bertz CT molecular complexity index is 2310. The van der Waals surface area contributed by atoms with Crippen molar-refractivity contribution in [2.75, 3.05) is 16.3 Å². The summed E-state index contributed by atoms with van der Waals surface area (Å²) in [6.45, 7) is 0. The number of amidine groups is 6. The van der Waals surface area contributed by atoms with E-state index in [1.54, 1.807) is 146 Å². The van der Waals surface area contributed by atoms with Crippen LogP contribution in [-0.2, 0) is 0 Å². The fraction of sp³-hybridized carbons (Fsp3) is 0. The average molecular weight is 844 g/mol. The molecule has 0 radical (unpaired) electrons. The van der Waals surface area contributed by atoms with Crippen LogP contribution in [0.4, 0.5) is 34.1 Å². The molecule has 0 atom stereocenters. The Labute approximate surface area is 361 Å². The highest BCUT2D eigenvalue weighted by atomic mass is 15.4. The zero-order chi connectivity index (χ0) is 45.7. The van der Waals surface area contributed by atoms with E-state index in [4.69, 9.17) is 66.9 Å². The van der Waals surface area contributed by atoms with E-state index in [0.29, 0.717) is 50.4 Å². The van der Waals surface area contributed by atoms with Gasteiger partial charge in [0.05, 0.1) is 34.1 Å². The van der Waals surface area contributed by atoms with Crippen LogP contribution in [0.25, 0.3) is 0 Å². The van der Waals surface area contributed by atoms with Crippen LogP contribution in [0.2, 0.25) is 0 Å². The highest BCUT2D eigenvalue weighted by Crippen LogP contribution is 2.18.